The molecule has 0 N–H and O–H groups in total. The third-order valence-corrected chi connectivity index (χ3v) is 9.80. The standard InChI is InChI=1S/C39H24N2OS/c1-40-27-16-18-36-34(20-27)30-7-2-4-10-35(30)41(36)28-17-15-26-23-43-22-25-14-13-24(19-32(25)33(26)21-28)29-9-6-12-38-39(29)31-8-3-5-11-37(31)42-38/h2-21H,22-23H2. The molecular formula is C39H24N2OS. The monoisotopic (exact) mass is 568 g/mol. The Balaban J connectivity index is 1.27. The summed E-state index contributed by atoms with van der Waals surface area (Å²) < 4.78 is 8.57. The zero-order chi connectivity index (χ0) is 28.5. The Morgan fingerprint density at radius 3 is 2.23 bits per heavy atom. The Hall–Kier alpha value is -5.24. The summed E-state index contributed by atoms with van der Waals surface area (Å²) in [7, 11) is 0. The maximum atomic E-state index is 7.56. The van der Waals surface area contributed by atoms with Crippen molar-refractivity contribution >= 4 is 61.2 Å². The third-order valence-electron chi connectivity index (χ3n) is 8.77. The molecule has 0 aliphatic carbocycles. The average molecular weight is 569 g/mol. The van der Waals surface area contributed by atoms with Gasteiger partial charge in [-0.1, -0.05) is 72.8 Å². The molecule has 8 aromatic rings. The smallest absolute Gasteiger partial charge is 0.188 e. The lowest BCUT2D eigenvalue weighted by atomic mass is 9.91. The third kappa shape index (κ3) is 3.69. The van der Waals surface area contributed by atoms with Gasteiger partial charge in [0.1, 0.15) is 11.2 Å². The predicted octanol–water partition coefficient (Wildman–Crippen LogP) is 11.3. The molecule has 0 saturated heterocycles. The lowest BCUT2D eigenvalue weighted by molar-refractivity contribution is 0.669. The Bertz CT molecular complexity index is 2460. The molecule has 43 heavy (non-hydrogen) atoms. The molecule has 4 heteroatoms. The van der Waals surface area contributed by atoms with Crippen LogP contribution in [0, 0.1) is 6.57 Å². The second kappa shape index (κ2) is 9.39. The maximum Gasteiger partial charge on any atom is 0.188 e. The highest BCUT2D eigenvalue weighted by Crippen LogP contribution is 2.43. The molecule has 3 heterocycles. The normalized spacial score (nSPS) is 12.8. The minimum atomic E-state index is 0.663. The van der Waals surface area contributed by atoms with E-state index in [9.17, 15) is 0 Å². The van der Waals surface area contributed by atoms with Crippen molar-refractivity contribution in [1.82, 2.24) is 4.57 Å². The number of hydrogen-bond acceptors (Lipinski definition) is 2. The van der Waals surface area contributed by atoms with Gasteiger partial charge in [-0.2, -0.15) is 11.8 Å². The molecule has 202 valence electrons. The molecular weight excluding hydrogens is 545 g/mol. The molecule has 0 unspecified atom stereocenters. The van der Waals surface area contributed by atoms with Gasteiger partial charge in [-0.25, -0.2) is 4.85 Å². The fourth-order valence-corrected chi connectivity index (χ4v) is 7.84. The molecule has 0 amide bonds. The van der Waals surface area contributed by atoms with E-state index in [1.807, 2.05) is 36.0 Å². The minimum Gasteiger partial charge on any atom is -0.456 e. The van der Waals surface area contributed by atoms with Crippen LogP contribution in [0.1, 0.15) is 11.1 Å². The van der Waals surface area contributed by atoms with Gasteiger partial charge in [0, 0.05) is 33.4 Å². The Labute approximate surface area is 252 Å². The number of rotatable bonds is 2. The molecule has 0 bridgehead atoms. The summed E-state index contributed by atoms with van der Waals surface area (Å²) in [5.41, 5.74) is 13.6. The Kier molecular flexibility index (Phi) is 5.32. The van der Waals surface area contributed by atoms with Gasteiger partial charge in [-0.15, -0.1) is 0 Å². The fourth-order valence-electron chi connectivity index (χ4n) is 6.80. The lowest BCUT2D eigenvalue weighted by Crippen LogP contribution is -1.97. The van der Waals surface area contributed by atoms with Crippen LogP contribution in [0.4, 0.5) is 5.69 Å². The van der Waals surface area contributed by atoms with Crippen LogP contribution in [0.3, 0.4) is 0 Å². The lowest BCUT2D eigenvalue weighted by Gasteiger charge is -2.15. The van der Waals surface area contributed by atoms with Crippen LogP contribution in [0.5, 0.6) is 0 Å². The highest BCUT2D eigenvalue weighted by molar-refractivity contribution is 7.97. The van der Waals surface area contributed by atoms with E-state index in [0.29, 0.717) is 5.69 Å². The van der Waals surface area contributed by atoms with Gasteiger partial charge in [0.15, 0.2) is 5.69 Å². The van der Waals surface area contributed by atoms with Crippen LogP contribution in [-0.4, -0.2) is 4.57 Å². The molecule has 1 aliphatic heterocycles. The van der Waals surface area contributed by atoms with Crippen LogP contribution < -0.4 is 0 Å². The molecule has 3 nitrogen and oxygen atoms in total. The predicted molar refractivity (Wildman–Crippen MR) is 180 cm³/mol. The van der Waals surface area contributed by atoms with E-state index in [2.05, 4.69) is 106 Å². The van der Waals surface area contributed by atoms with E-state index < -0.39 is 0 Å². The van der Waals surface area contributed by atoms with Crippen molar-refractivity contribution in [3.05, 3.63) is 144 Å². The van der Waals surface area contributed by atoms with E-state index >= 15 is 0 Å². The van der Waals surface area contributed by atoms with E-state index in [1.165, 1.54) is 38.8 Å². The summed E-state index contributed by atoms with van der Waals surface area (Å²) >= 11 is 1.97. The van der Waals surface area contributed by atoms with E-state index in [4.69, 9.17) is 11.0 Å². The second-order valence-corrected chi connectivity index (χ2v) is 12.1. The number of fused-ring (bicyclic) bond motifs is 9. The first kappa shape index (κ1) is 24.4. The highest BCUT2D eigenvalue weighted by Gasteiger charge is 2.20. The van der Waals surface area contributed by atoms with Crippen molar-refractivity contribution in [2.45, 2.75) is 11.5 Å². The van der Waals surface area contributed by atoms with Gasteiger partial charge in [-0.05, 0) is 87.3 Å². The molecule has 0 spiro atoms. The second-order valence-electron chi connectivity index (χ2n) is 11.1. The molecule has 0 atom stereocenters. The van der Waals surface area contributed by atoms with Gasteiger partial charge < -0.3 is 8.98 Å². The summed E-state index contributed by atoms with van der Waals surface area (Å²) in [4.78, 5) is 3.70. The Morgan fingerprint density at radius 2 is 1.35 bits per heavy atom. The van der Waals surface area contributed by atoms with Crippen LogP contribution in [0.2, 0.25) is 0 Å². The van der Waals surface area contributed by atoms with E-state index in [0.717, 1.165) is 55.6 Å². The van der Waals surface area contributed by atoms with Crippen molar-refractivity contribution in [3.8, 4) is 27.9 Å². The SMILES string of the molecule is [C-]#[N+]c1ccc2c(c1)c1ccccc1n2-c1ccc2c(c1)-c1cc(-c3cccc4oc5ccccc5c34)ccc1CSC2. The van der Waals surface area contributed by atoms with Crippen LogP contribution >= 0.6 is 11.8 Å². The van der Waals surface area contributed by atoms with E-state index in [1.54, 1.807) is 0 Å². The summed E-state index contributed by atoms with van der Waals surface area (Å²) in [6.45, 7) is 7.56. The molecule has 0 fully saturated rings. The number of benzene rings is 6. The molecule has 0 saturated carbocycles. The average Bonchev–Trinajstić information content (AvgIpc) is 3.54. The molecule has 0 radical (unpaired) electrons. The van der Waals surface area contributed by atoms with Crippen molar-refractivity contribution in [2.75, 3.05) is 0 Å². The first-order valence-corrected chi connectivity index (χ1v) is 15.6. The van der Waals surface area contributed by atoms with Gasteiger partial charge in [-0.3, -0.25) is 0 Å². The van der Waals surface area contributed by atoms with Crippen molar-refractivity contribution in [1.29, 1.82) is 0 Å². The quantitative estimate of drug-likeness (QED) is 0.194. The van der Waals surface area contributed by atoms with Crippen molar-refractivity contribution in [3.63, 3.8) is 0 Å². The molecule has 6 aromatic carbocycles. The summed E-state index contributed by atoms with van der Waals surface area (Å²) in [6, 6.07) is 43.1. The number of para-hydroxylation sites is 2. The molecule has 2 aromatic heterocycles. The van der Waals surface area contributed by atoms with Crippen molar-refractivity contribution < 1.29 is 4.42 Å². The fraction of sp³-hybridized carbons (Fsp3) is 0.0513. The number of thioether (sulfide) groups is 1. The summed E-state index contributed by atoms with van der Waals surface area (Å²) in [5, 5.41) is 4.59. The summed E-state index contributed by atoms with van der Waals surface area (Å²) in [5.74, 6) is 1.95. The zero-order valence-corrected chi connectivity index (χ0v) is 24.0. The Morgan fingerprint density at radius 1 is 0.605 bits per heavy atom. The largest absolute Gasteiger partial charge is 0.456 e. The molecule has 9 rings (SSSR count). The number of aromatic nitrogens is 1. The van der Waals surface area contributed by atoms with Crippen molar-refractivity contribution in [2.24, 2.45) is 0 Å². The van der Waals surface area contributed by atoms with Gasteiger partial charge >= 0.3 is 0 Å². The van der Waals surface area contributed by atoms with Crippen LogP contribution in [-0.2, 0) is 11.5 Å². The number of furan rings is 1. The first-order valence-electron chi connectivity index (χ1n) is 14.4. The van der Waals surface area contributed by atoms with Crippen LogP contribution in [0.25, 0.3) is 76.5 Å². The topological polar surface area (TPSA) is 22.4 Å². The van der Waals surface area contributed by atoms with Gasteiger partial charge in [0.05, 0.1) is 17.6 Å². The summed E-state index contributed by atoms with van der Waals surface area (Å²) in [6.07, 6.45) is 0. The first-order chi connectivity index (χ1) is 21.3. The minimum absolute atomic E-state index is 0.663. The number of nitrogens with zero attached hydrogens (tertiary/aromatic N) is 2. The van der Waals surface area contributed by atoms with Gasteiger partial charge in [0.2, 0.25) is 0 Å². The zero-order valence-electron chi connectivity index (χ0n) is 23.2. The number of hydrogen-bond donors (Lipinski definition) is 0. The van der Waals surface area contributed by atoms with Crippen LogP contribution in [0.15, 0.2) is 126 Å². The molecule has 1 aliphatic rings. The van der Waals surface area contributed by atoms with Gasteiger partial charge in [0.25, 0.3) is 0 Å². The highest BCUT2D eigenvalue weighted by atomic mass is 32.2. The maximum absolute atomic E-state index is 7.56. The van der Waals surface area contributed by atoms with E-state index in [-0.39, 0.29) is 0 Å².